The van der Waals surface area contributed by atoms with E-state index in [4.69, 9.17) is 11.6 Å². The number of amides is 1. The first-order valence-electron chi connectivity index (χ1n) is 7.11. The maximum Gasteiger partial charge on any atom is 0.230 e. The average molecular weight is 280 g/mol. The molecule has 0 saturated carbocycles. The van der Waals surface area contributed by atoms with Crippen molar-refractivity contribution >= 4 is 17.5 Å². The molecule has 1 aromatic rings. The second-order valence-electron chi connectivity index (χ2n) is 5.44. The SMILES string of the molecule is CCC(C)C(C(=O)N1CCC(Cl)C1)c1ccccc1. The minimum Gasteiger partial charge on any atom is -0.341 e. The fraction of sp³-hybridized carbons (Fsp3) is 0.562. The maximum atomic E-state index is 12.8. The zero-order valence-electron chi connectivity index (χ0n) is 11.7. The molecule has 0 bridgehead atoms. The summed E-state index contributed by atoms with van der Waals surface area (Å²) in [5.74, 6) is 0.557. The Morgan fingerprint density at radius 1 is 1.42 bits per heavy atom. The summed E-state index contributed by atoms with van der Waals surface area (Å²) in [7, 11) is 0. The van der Waals surface area contributed by atoms with E-state index in [2.05, 4.69) is 26.0 Å². The third-order valence-electron chi connectivity index (χ3n) is 4.08. The van der Waals surface area contributed by atoms with Crippen molar-refractivity contribution in [2.24, 2.45) is 5.92 Å². The van der Waals surface area contributed by atoms with Crippen LogP contribution in [0.2, 0.25) is 0 Å². The first-order chi connectivity index (χ1) is 9.13. The minimum atomic E-state index is -0.0341. The predicted octanol–water partition coefficient (Wildman–Crippen LogP) is 3.66. The molecule has 1 aliphatic rings. The molecule has 0 aromatic heterocycles. The Bertz CT molecular complexity index is 420. The van der Waals surface area contributed by atoms with E-state index in [-0.39, 0.29) is 17.2 Å². The maximum absolute atomic E-state index is 12.8. The first kappa shape index (κ1) is 14.4. The largest absolute Gasteiger partial charge is 0.341 e. The van der Waals surface area contributed by atoms with Gasteiger partial charge in [-0.25, -0.2) is 0 Å². The lowest BCUT2D eigenvalue weighted by molar-refractivity contribution is -0.132. The zero-order chi connectivity index (χ0) is 13.8. The summed E-state index contributed by atoms with van der Waals surface area (Å²) in [5, 5.41) is 0.123. The summed E-state index contributed by atoms with van der Waals surface area (Å²) in [5.41, 5.74) is 1.12. The van der Waals surface area contributed by atoms with Gasteiger partial charge in [-0.05, 0) is 17.9 Å². The lowest BCUT2D eigenvalue weighted by atomic mass is 9.84. The lowest BCUT2D eigenvalue weighted by Gasteiger charge is -2.27. The lowest BCUT2D eigenvalue weighted by Crippen LogP contribution is -2.36. The Kier molecular flexibility index (Phi) is 4.87. The molecule has 1 fully saturated rings. The van der Waals surface area contributed by atoms with E-state index in [1.165, 1.54) is 0 Å². The summed E-state index contributed by atoms with van der Waals surface area (Å²) < 4.78 is 0. The molecule has 3 heteroatoms. The van der Waals surface area contributed by atoms with Crippen LogP contribution in [0.25, 0.3) is 0 Å². The van der Waals surface area contributed by atoms with Crippen LogP contribution >= 0.6 is 11.6 Å². The van der Waals surface area contributed by atoms with Gasteiger partial charge in [0.15, 0.2) is 0 Å². The van der Waals surface area contributed by atoms with E-state index in [9.17, 15) is 4.79 Å². The normalized spacial score (nSPS) is 22.3. The summed E-state index contributed by atoms with van der Waals surface area (Å²) in [6.07, 6.45) is 1.92. The summed E-state index contributed by atoms with van der Waals surface area (Å²) in [4.78, 5) is 14.7. The van der Waals surface area contributed by atoms with Gasteiger partial charge in [0, 0.05) is 13.1 Å². The van der Waals surface area contributed by atoms with Crippen LogP contribution in [0.3, 0.4) is 0 Å². The van der Waals surface area contributed by atoms with Crippen molar-refractivity contribution in [1.29, 1.82) is 0 Å². The van der Waals surface area contributed by atoms with Crippen LogP contribution in [-0.4, -0.2) is 29.3 Å². The molecule has 1 heterocycles. The highest BCUT2D eigenvalue weighted by atomic mass is 35.5. The van der Waals surface area contributed by atoms with Crippen molar-refractivity contribution in [2.45, 2.75) is 38.0 Å². The van der Waals surface area contributed by atoms with Gasteiger partial charge < -0.3 is 4.90 Å². The van der Waals surface area contributed by atoms with Gasteiger partial charge in [-0.1, -0.05) is 50.6 Å². The highest BCUT2D eigenvalue weighted by molar-refractivity contribution is 6.21. The molecular formula is C16H22ClNO. The molecule has 19 heavy (non-hydrogen) atoms. The van der Waals surface area contributed by atoms with Crippen molar-refractivity contribution in [3.63, 3.8) is 0 Å². The molecule has 0 aliphatic carbocycles. The second kappa shape index (κ2) is 6.42. The Morgan fingerprint density at radius 3 is 2.63 bits per heavy atom. The van der Waals surface area contributed by atoms with E-state index < -0.39 is 0 Å². The van der Waals surface area contributed by atoms with Crippen molar-refractivity contribution < 1.29 is 4.79 Å². The van der Waals surface area contributed by atoms with E-state index in [0.29, 0.717) is 12.5 Å². The molecule has 2 rings (SSSR count). The van der Waals surface area contributed by atoms with Gasteiger partial charge >= 0.3 is 0 Å². The number of benzene rings is 1. The molecule has 1 saturated heterocycles. The number of hydrogen-bond acceptors (Lipinski definition) is 1. The molecule has 0 radical (unpaired) electrons. The zero-order valence-corrected chi connectivity index (χ0v) is 12.4. The van der Waals surface area contributed by atoms with Crippen LogP contribution in [0.4, 0.5) is 0 Å². The molecular weight excluding hydrogens is 258 g/mol. The van der Waals surface area contributed by atoms with E-state index in [0.717, 1.165) is 24.9 Å². The predicted molar refractivity (Wildman–Crippen MR) is 79.5 cm³/mol. The van der Waals surface area contributed by atoms with Gasteiger partial charge in [-0.15, -0.1) is 11.6 Å². The average Bonchev–Trinajstić information content (AvgIpc) is 2.86. The fourth-order valence-electron chi connectivity index (χ4n) is 2.73. The Morgan fingerprint density at radius 2 is 2.11 bits per heavy atom. The molecule has 0 N–H and O–H groups in total. The smallest absolute Gasteiger partial charge is 0.230 e. The molecule has 1 aromatic carbocycles. The highest BCUT2D eigenvalue weighted by Gasteiger charge is 2.33. The van der Waals surface area contributed by atoms with Gasteiger partial charge in [0.1, 0.15) is 0 Å². The van der Waals surface area contributed by atoms with Gasteiger partial charge in [-0.3, -0.25) is 4.79 Å². The molecule has 3 atom stereocenters. The van der Waals surface area contributed by atoms with Gasteiger partial charge in [0.2, 0.25) is 5.91 Å². The van der Waals surface area contributed by atoms with E-state index in [1.54, 1.807) is 0 Å². The monoisotopic (exact) mass is 279 g/mol. The Balaban J connectivity index is 2.21. The van der Waals surface area contributed by atoms with Crippen molar-refractivity contribution in [1.82, 2.24) is 4.90 Å². The number of likely N-dealkylation sites (tertiary alicyclic amines) is 1. The molecule has 2 nitrogen and oxygen atoms in total. The highest BCUT2D eigenvalue weighted by Crippen LogP contribution is 2.30. The Hall–Kier alpha value is -1.02. The number of alkyl halides is 1. The fourth-order valence-corrected chi connectivity index (χ4v) is 2.99. The molecule has 3 unspecified atom stereocenters. The molecule has 0 spiro atoms. The van der Waals surface area contributed by atoms with Crippen LogP contribution in [0, 0.1) is 5.92 Å². The van der Waals surface area contributed by atoms with Crippen molar-refractivity contribution in [3.8, 4) is 0 Å². The van der Waals surface area contributed by atoms with Gasteiger partial charge in [0.25, 0.3) is 0 Å². The number of nitrogens with zero attached hydrogens (tertiary/aromatic N) is 1. The number of carbonyl (C=O) groups excluding carboxylic acids is 1. The van der Waals surface area contributed by atoms with Crippen molar-refractivity contribution in [2.75, 3.05) is 13.1 Å². The second-order valence-corrected chi connectivity index (χ2v) is 6.06. The minimum absolute atomic E-state index is 0.0341. The number of halogens is 1. The van der Waals surface area contributed by atoms with Crippen molar-refractivity contribution in [3.05, 3.63) is 35.9 Å². The summed E-state index contributed by atoms with van der Waals surface area (Å²) in [6, 6.07) is 10.1. The number of carbonyl (C=O) groups is 1. The summed E-state index contributed by atoms with van der Waals surface area (Å²) in [6.45, 7) is 5.79. The van der Waals surface area contributed by atoms with Gasteiger partial charge in [-0.2, -0.15) is 0 Å². The van der Waals surface area contributed by atoms with Crippen LogP contribution in [0.15, 0.2) is 30.3 Å². The summed E-state index contributed by atoms with van der Waals surface area (Å²) >= 11 is 6.12. The van der Waals surface area contributed by atoms with E-state index in [1.807, 2.05) is 23.1 Å². The van der Waals surface area contributed by atoms with Gasteiger partial charge in [0.05, 0.1) is 11.3 Å². The van der Waals surface area contributed by atoms with Crippen LogP contribution in [0.1, 0.15) is 38.2 Å². The van der Waals surface area contributed by atoms with Crippen LogP contribution in [0.5, 0.6) is 0 Å². The molecule has 1 aliphatic heterocycles. The first-order valence-corrected chi connectivity index (χ1v) is 7.55. The topological polar surface area (TPSA) is 20.3 Å². The van der Waals surface area contributed by atoms with E-state index >= 15 is 0 Å². The number of hydrogen-bond donors (Lipinski definition) is 0. The molecule has 1 amide bonds. The quantitative estimate of drug-likeness (QED) is 0.771. The molecule has 104 valence electrons. The standard InChI is InChI=1S/C16H22ClNO/c1-3-12(2)15(13-7-5-4-6-8-13)16(19)18-10-9-14(17)11-18/h4-8,12,14-15H,3,9-11H2,1-2H3. The Labute approximate surface area is 120 Å². The third kappa shape index (κ3) is 3.30. The third-order valence-corrected chi connectivity index (χ3v) is 4.44. The number of rotatable bonds is 4. The van der Waals surface area contributed by atoms with Crippen LogP contribution < -0.4 is 0 Å². The van der Waals surface area contributed by atoms with Crippen LogP contribution in [-0.2, 0) is 4.79 Å².